The van der Waals surface area contributed by atoms with Gasteiger partial charge >= 0.3 is 6.01 Å². The number of fused-ring (bicyclic) bond motifs is 3. The lowest BCUT2D eigenvalue weighted by Gasteiger charge is -2.31. The average molecular weight is 590 g/mol. The number of benzene rings is 2. The Morgan fingerprint density at radius 2 is 2.02 bits per heavy atom. The van der Waals surface area contributed by atoms with Gasteiger partial charge in [0.15, 0.2) is 5.82 Å². The van der Waals surface area contributed by atoms with E-state index in [1.807, 2.05) is 4.90 Å². The Labute approximate surface area is 246 Å². The Kier molecular flexibility index (Phi) is 6.98. The molecule has 7 rings (SSSR count). The lowest BCUT2D eigenvalue weighted by molar-refractivity contribution is 0.107. The number of halogens is 3. The van der Waals surface area contributed by atoms with Gasteiger partial charge in [0.25, 0.3) is 0 Å². The maximum Gasteiger partial charge on any atom is 0.319 e. The molecule has 0 unspecified atom stereocenters. The van der Waals surface area contributed by atoms with E-state index in [2.05, 4.69) is 20.8 Å². The summed E-state index contributed by atoms with van der Waals surface area (Å²) in [5.74, 6) is 1.22. The molecule has 8 nitrogen and oxygen atoms in total. The van der Waals surface area contributed by atoms with Gasteiger partial charge < -0.3 is 19.5 Å². The summed E-state index contributed by atoms with van der Waals surface area (Å²) >= 11 is 0. The predicted molar refractivity (Wildman–Crippen MR) is 156 cm³/mol. The number of rotatable bonds is 5. The maximum absolute atomic E-state index is 16.6. The SMILES string of the molecule is C#Cc1c(F)ccc2cc(O)cc(-c3ncc4c(N5CCCOCC5)nc(OC[C@@]56CCCN5C[C@H](F)C6)nc4c3F)c12. The number of phenols is 1. The van der Waals surface area contributed by atoms with E-state index in [-0.39, 0.29) is 46.1 Å². The van der Waals surface area contributed by atoms with Crippen LogP contribution in [-0.2, 0) is 4.74 Å². The fraction of sp³-hybridized carbons (Fsp3) is 0.406. The van der Waals surface area contributed by atoms with Gasteiger partial charge in [-0.2, -0.15) is 9.97 Å². The van der Waals surface area contributed by atoms with Gasteiger partial charge in [-0.15, -0.1) is 6.42 Å². The Balaban J connectivity index is 1.38. The summed E-state index contributed by atoms with van der Waals surface area (Å²) in [5, 5.41) is 11.5. The number of aromatic hydroxyl groups is 1. The Hall–Kier alpha value is -4.14. The molecule has 0 saturated carbocycles. The minimum absolute atomic E-state index is 0.0247. The molecular weight excluding hydrogens is 559 g/mol. The summed E-state index contributed by atoms with van der Waals surface area (Å²) in [6.07, 6.45) is 9.09. The van der Waals surface area contributed by atoms with Crippen molar-refractivity contribution in [3.8, 4) is 35.4 Å². The lowest BCUT2D eigenvalue weighted by atomic mass is 9.95. The molecular formula is C32H30F3N5O3. The van der Waals surface area contributed by atoms with Gasteiger partial charge in [-0.1, -0.05) is 12.0 Å². The number of phenolic OH excluding ortho intramolecular Hbond substituents is 1. The van der Waals surface area contributed by atoms with Crippen molar-refractivity contribution in [3.63, 3.8) is 0 Å². The zero-order valence-corrected chi connectivity index (χ0v) is 23.5. The first-order chi connectivity index (χ1) is 20.9. The van der Waals surface area contributed by atoms with Crippen molar-refractivity contribution in [1.29, 1.82) is 0 Å². The van der Waals surface area contributed by atoms with E-state index in [0.29, 0.717) is 55.9 Å². The van der Waals surface area contributed by atoms with E-state index in [4.69, 9.17) is 20.9 Å². The largest absolute Gasteiger partial charge is 0.508 e. The number of anilines is 1. The first kappa shape index (κ1) is 27.7. The molecule has 3 fully saturated rings. The van der Waals surface area contributed by atoms with Gasteiger partial charge in [-0.25, -0.2) is 13.2 Å². The first-order valence-corrected chi connectivity index (χ1v) is 14.5. The van der Waals surface area contributed by atoms with Crippen LogP contribution < -0.4 is 9.64 Å². The van der Waals surface area contributed by atoms with Gasteiger partial charge in [0.05, 0.1) is 23.1 Å². The maximum atomic E-state index is 16.6. The fourth-order valence-electron chi connectivity index (χ4n) is 6.87. The van der Waals surface area contributed by atoms with Crippen LogP contribution in [0, 0.1) is 24.0 Å². The Morgan fingerprint density at radius 1 is 1.14 bits per heavy atom. The van der Waals surface area contributed by atoms with E-state index in [9.17, 15) is 13.9 Å². The van der Waals surface area contributed by atoms with Crippen LogP contribution in [0.5, 0.6) is 11.8 Å². The van der Waals surface area contributed by atoms with E-state index in [0.717, 1.165) is 25.8 Å². The van der Waals surface area contributed by atoms with Crippen LogP contribution in [0.4, 0.5) is 19.0 Å². The van der Waals surface area contributed by atoms with E-state index in [1.54, 1.807) is 0 Å². The molecule has 4 aromatic rings. The summed E-state index contributed by atoms with van der Waals surface area (Å²) in [6.45, 7) is 3.59. The third kappa shape index (κ3) is 4.79. The molecule has 2 aromatic heterocycles. The summed E-state index contributed by atoms with van der Waals surface area (Å²) in [6, 6.07) is 5.40. The minimum Gasteiger partial charge on any atom is -0.508 e. The topological polar surface area (TPSA) is 83.8 Å². The fourth-order valence-corrected chi connectivity index (χ4v) is 6.87. The molecule has 1 N–H and O–H groups in total. The number of terminal acetylenes is 1. The van der Waals surface area contributed by atoms with Crippen LogP contribution in [-0.4, -0.2) is 82.7 Å². The monoisotopic (exact) mass is 589 g/mol. The van der Waals surface area contributed by atoms with Crippen LogP contribution in [0.1, 0.15) is 31.2 Å². The number of hydrogen-bond acceptors (Lipinski definition) is 8. The van der Waals surface area contributed by atoms with Crippen molar-refractivity contribution < 1.29 is 27.8 Å². The van der Waals surface area contributed by atoms with Crippen LogP contribution in [0.3, 0.4) is 0 Å². The predicted octanol–water partition coefficient (Wildman–Crippen LogP) is 4.99. The summed E-state index contributed by atoms with van der Waals surface area (Å²) in [7, 11) is 0. The number of ether oxygens (including phenoxy) is 2. The molecule has 0 bridgehead atoms. The molecule has 11 heteroatoms. The van der Waals surface area contributed by atoms with Crippen molar-refractivity contribution >= 4 is 27.5 Å². The minimum atomic E-state index is -0.921. The molecule has 2 aromatic carbocycles. The molecule has 43 heavy (non-hydrogen) atoms. The Bertz CT molecular complexity index is 1770. The second-order valence-corrected chi connectivity index (χ2v) is 11.5. The zero-order valence-electron chi connectivity index (χ0n) is 23.5. The van der Waals surface area contributed by atoms with E-state index in [1.165, 1.54) is 30.5 Å². The quantitative estimate of drug-likeness (QED) is 0.326. The van der Waals surface area contributed by atoms with Crippen molar-refractivity contribution in [2.75, 3.05) is 50.9 Å². The molecule has 0 spiro atoms. The molecule has 0 radical (unpaired) electrons. The normalized spacial score (nSPS) is 22.6. The molecule has 0 aliphatic carbocycles. The second kappa shape index (κ2) is 10.8. The third-order valence-electron chi connectivity index (χ3n) is 8.85. The van der Waals surface area contributed by atoms with Crippen LogP contribution >= 0.6 is 0 Å². The number of nitrogens with zero attached hydrogens (tertiary/aromatic N) is 5. The highest BCUT2D eigenvalue weighted by molar-refractivity contribution is 6.03. The highest BCUT2D eigenvalue weighted by Gasteiger charge is 2.49. The van der Waals surface area contributed by atoms with Gasteiger partial charge in [-0.3, -0.25) is 9.88 Å². The summed E-state index contributed by atoms with van der Waals surface area (Å²) < 4.78 is 57.6. The molecule has 3 saturated heterocycles. The van der Waals surface area contributed by atoms with Crippen molar-refractivity contribution in [1.82, 2.24) is 19.9 Å². The second-order valence-electron chi connectivity index (χ2n) is 11.5. The number of alkyl halides is 1. The van der Waals surface area contributed by atoms with Gasteiger partial charge in [0, 0.05) is 49.8 Å². The smallest absolute Gasteiger partial charge is 0.319 e. The van der Waals surface area contributed by atoms with Gasteiger partial charge in [0.1, 0.15) is 41.4 Å². The highest BCUT2D eigenvalue weighted by atomic mass is 19.1. The van der Waals surface area contributed by atoms with E-state index >= 15 is 4.39 Å². The summed E-state index contributed by atoms with van der Waals surface area (Å²) in [5.41, 5.74) is -0.559. The molecule has 222 valence electrons. The summed E-state index contributed by atoms with van der Waals surface area (Å²) in [4.78, 5) is 17.8. The van der Waals surface area contributed by atoms with Gasteiger partial charge in [-0.05, 0) is 49.4 Å². The molecule has 5 heterocycles. The average Bonchev–Trinajstić information content (AvgIpc) is 3.37. The molecule has 2 atom stereocenters. The number of aromatic nitrogens is 3. The number of hydrogen-bond donors (Lipinski definition) is 1. The van der Waals surface area contributed by atoms with Crippen LogP contribution in [0.15, 0.2) is 30.5 Å². The van der Waals surface area contributed by atoms with Crippen molar-refractivity contribution in [2.45, 2.75) is 37.4 Å². The van der Waals surface area contributed by atoms with Crippen LogP contribution in [0.25, 0.3) is 32.9 Å². The van der Waals surface area contributed by atoms with E-state index < -0.39 is 23.3 Å². The number of pyridine rings is 1. The van der Waals surface area contributed by atoms with Gasteiger partial charge in [0.2, 0.25) is 0 Å². The highest BCUT2D eigenvalue weighted by Crippen LogP contribution is 2.41. The standard InChI is InChI=1S/C32H30F3N5O3/c1-2-22-25(34)6-5-19-13-21(41)14-23(26(19)22)28-27(35)29-24(16-36-28)30(39-8-4-11-42-12-10-39)38-31(37-29)43-18-32-7-3-9-40(32)17-20(33)15-32/h1,5-6,13-14,16,20,41H,3-4,7-12,15,17-18H2/t20-,32+/m1/s1. The van der Waals surface area contributed by atoms with Crippen LogP contribution in [0.2, 0.25) is 0 Å². The third-order valence-corrected chi connectivity index (χ3v) is 8.85. The first-order valence-electron chi connectivity index (χ1n) is 14.5. The molecule has 3 aliphatic rings. The molecule has 3 aliphatic heterocycles. The Morgan fingerprint density at radius 3 is 2.88 bits per heavy atom. The lowest BCUT2D eigenvalue weighted by Crippen LogP contribution is -2.43. The molecule has 0 amide bonds. The zero-order chi connectivity index (χ0) is 29.7. The van der Waals surface area contributed by atoms with Crippen molar-refractivity contribution in [3.05, 3.63) is 47.7 Å². The van der Waals surface area contributed by atoms with Crippen molar-refractivity contribution in [2.24, 2.45) is 0 Å².